The summed E-state index contributed by atoms with van der Waals surface area (Å²) in [5.74, 6) is -0.661. The van der Waals surface area contributed by atoms with E-state index in [2.05, 4.69) is 16.5 Å². The molecule has 3 aliphatic rings. The molecule has 2 atom stereocenters. The average molecular weight is 443 g/mol. The first-order valence-electron chi connectivity index (χ1n) is 10.2. The lowest BCUT2D eigenvalue weighted by Crippen LogP contribution is -2.49. The van der Waals surface area contributed by atoms with E-state index in [-0.39, 0.29) is 41.9 Å². The summed E-state index contributed by atoms with van der Waals surface area (Å²) in [5.41, 5.74) is 1.74. The Balaban J connectivity index is 1.41. The highest BCUT2D eigenvalue weighted by Crippen LogP contribution is 2.40. The molecule has 1 saturated heterocycles. The van der Waals surface area contributed by atoms with Crippen LogP contribution in [0, 0.1) is 29.0 Å². The number of amides is 3. The lowest BCUT2D eigenvalue weighted by Gasteiger charge is -2.37. The molecule has 1 aromatic carbocycles. The van der Waals surface area contributed by atoms with Gasteiger partial charge in [0.2, 0.25) is 5.91 Å². The Labute approximate surface area is 183 Å². The van der Waals surface area contributed by atoms with Crippen molar-refractivity contribution in [3.63, 3.8) is 0 Å². The zero-order chi connectivity index (χ0) is 21.7. The third kappa shape index (κ3) is 3.61. The summed E-state index contributed by atoms with van der Waals surface area (Å²) in [5, 5.41) is 16.4. The number of urea groups is 1. The van der Waals surface area contributed by atoms with Crippen LogP contribution < -0.4 is 10.2 Å². The van der Waals surface area contributed by atoms with E-state index >= 15 is 0 Å². The summed E-state index contributed by atoms with van der Waals surface area (Å²) >= 11 is 5.73. The maximum atomic E-state index is 13.8. The third-order valence-electron chi connectivity index (χ3n) is 6.20. The molecule has 1 aromatic heterocycles. The molecule has 31 heavy (non-hydrogen) atoms. The Morgan fingerprint density at radius 2 is 2.13 bits per heavy atom. The second kappa shape index (κ2) is 7.54. The molecule has 2 unspecified atom stereocenters. The zero-order valence-corrected chi connectivity index (χ0v) is 17.3. The minimum atomic E-state index is -0.600. The van der Waals surface area contributed by atoms with E-state index in [9.17, 15) is 19.2 Å². The van der Waals surface area contributed by atoms with E-state index in [1.165, 1.54) is 12.1 Å². The van der Waals surface area contributed by atoms with Crippen molar-refractivity contribution in [1.29, 1.82) is 5.26 Å². The Morgan fingerprint density at radius 3 is 2.81 bits per heavy atom. The molecule has 0 spiro atoms. The molecular formula is C21H20ClFN6O2. The molecular weight excluding hydrogens is 423 g/mol. The minimum absolute atomic E-state index is 0.00803. The van der Waals surface area contributed by atoms with Crippen molar-refractivity contribution in [2.45, 2.75) is 38.4 Å². The molecule has 0 bridgehead atoms. The molecule has 1 N–H and O–H groups in total. The maximum absolute atomic E-state index is 13.8. The lowest BCUT2D eigenvalue weighted by molar-refractivity contribution is -0.117. The number of hydrogen-bond acceptors (Lipinski definition) is 4. The Bertz CT molecular complexity index is 1110. The Hall–Kier alpha value is -3.12. The highest BCUT2D eigenvalue weighted by molar-refractivity contribution is 6.30. The predicted octanol–water partition coefficient (Wildman–Crippen LogP) is 3.38. The second-order valence-corrected chi connectivity index (χ2v) is 8.69. The Morgan fingerprint density at radius 1 is 1.32 bits per heavy atom. The number of hydrogen-bond donors (Lipinski definition) is 1. The van der Waals surface area contributed by atoms with Crippen LogP contribution in [-0.2, 0) is 17.9 Å². The van der Waals surface area contributed by atoms with Gasteiger partial charge >= 0.3 is 6.03 Å². The van der Waals surface area contributed by atoms with Crippen LogP contribution in [0.1, 0.15) is 25.0 Å². The van der Waals surface area contributed by atoms with Crippen LogP contribution in [-0.4, -0.2) is 39.2 Å². The zero-order valence-electron chi connectivity index (χ0n) is 16.6. The first-order valence-corrected chi connectivity index (χ1v) is 10.6. The molecule has 2 aromatic rings. The summed E-state index contributed by atoms with van der Waals surface area (Å²) in [6.07, 6.45) is 3.93. The molecule has 1 aliphatic carbocycles. The van der Waals surface area contributed by atoms with Gasteiger partial charge in [-0.2, -0.15) is 10.4 Å². The molecule has 2 aliphatic heterocycles. The predicted molar refractivity (Wildman–Crippen MR) is 111 cm³/mol. The molecule has 2 fully saturated rings. The third-order valence-corrected chi connectivity index (χ3v) is 6.51. The van der Waals surface area contributed by atoms with Crippen molar-refractivity contribution in [2.24, 2.45) is 11.8 Å². The van der Waals surface area contributed by atoms with Crippen LogP contribution in [0.15, 0.2) is 24.4 Å². The number of anilines is 2. The number of nitrogens with zero attached hydrogens (tertiary/aromatic N) is 5. The largest absolute Gasteiger partial charge is 0.322 e. The summed E-state index contributed by atoms with van der Waals surface area (Å²) < 4.78 is 15.7. The van der Waals surface area contributed by atoms with Crippen LogP contribution in [0.3, 0.4) is 0 Å². The van der Waals surface area contributed by atoms with E-state index in [0.717, 1.165) is 18.5 Å². The van der Waals surface area contributed by atoms with E-state index < -0.39 is 5.82 Å². The fourth-order valence-corrected chi connectivity index (χ4v) is 4.52. The second-order valence-electron chi connectivity index (χ2n) is 8.28. The summed E-state index contributed by atoms with van der Waals surface area (Å²) in [4.78, 5) is 28.9. The van der Waals surface area contributed by atoms with Crippen LogP contribution in [0.2, 0.25) is 5.02 Å². The number of rotatable bonds is 3. The Kier molecular flexibility index (Phi) is 4.82. The number of benzene rings is 1. The van der Waals surface area contributed by atoms with E-state index in [1.807, 2.05) is 4.68 Å². The smallest absolute Gasteiger partial charge is 0.313 e. The van der Waals surface area contributed by atoms with Crippen LogP contribution in [0.4, 0.5) is 20.6 Å². The summed E-state index contributed by atoms with van der Waals surface area (Å²) in [6.45, 7) is 1.14. The lowest BCUT2D eigenvalue weighted by atomic mass is 10.1. The molecule has 8 nitrogen and oxygen atoms in total. The summed E-state index contributed by atoms with van der Waals surface area (Å²) in [6, 6.07) is 5.94. The minimum Gasteiger partial charge on any atom is -0.313 e. The molecule has 3 amide bonds. The number of carbonyl (C=O) groups is 2. The molecule has 10 heteroatoms. The van der Waals surface area contributed by atoms with Gasteiger partial charge in [0, 0.05) is 18.7 Å². The molecule has 160 valence electrons. The molecule has 0 radical (unpaired) electrons. The van der Waals surface area contributed by atoms with Gasteiger partial charge in [0.25, 0.3) is 0 Å². The molecule has 3 heterocycles. The van der Waals surface area contributed by atoms with Gasteiger partial charge in [-0.1, -0.05) is 11.6 Å². The molecule has 1 saturated carbocycles. The number of nitrogens with one attached hydrogen (secondary N) is 1. The topological polar surface area (TPSA) is 94.3 Å². The number of nitriles is 1. The van der Waals surface area contributed by atoms with Crippen molar-refractivity contribution in [2.75, 3.05) is 16.8 Å². The van der Waals surface area contributed by atoms with Gasteiger partial charge in [-0.25, -0.2) is 9.18 Å². The van der Waals surface area contributed by atoms with Crippen molar-refractivity contribution < 1.29 is 14.0 Å². The van der Waals surface area contributed by atoms with Crippen molar-refractivity contribution in [3.05, 3.63) is 40.9 Å². The number of halogens is 2. The average Bonchev–Trinajstić information content (AvgIpc) is 3.42. The van der Waals surface area contributed by atoms with Crippen LogP contribution in [0.25, 0.3) is 0 Å². The monoisotopic (exact) mass is 442 g/mol. The van der Waals surface area contributed by atoms with E-state index in [0.29, 0.717) is 30.4 Å². The highest BCUT2D eigenvalue weighted by atomic mass is 35.5. The van der Waals surface area contributed by atoms with Crippen molar-refractivity contribution >= 4 is 34.9 Å². The quantitative estimate of drug-likeness (QED) is 0.788. The van der Waals surface area contributed by atoms with Crippen LogP contribution >= 0.6 is 11.6 Å². The maximum Gasteiger partial charge on any atom is 0.322 e. The fraction of sp³-hybridized carbons (Fsp3) is 0.429. The van der Waals surface area contributed by atoms with Gasteiger partial charge in [-0.15, -0.1) is 0 Å². The highest BCUT2D eigenvalue weighted by Gasteiger charge is 2.43. The van der Waals surface area contributed by atoms with Gasteiger partial charge < -0.3 is 15.1 Å². The van der Waals surface area contributed by atoms with Crippen molar-refractivity contribution in [1.82, 2.24) is 14.7 Å². The van der Waals surface area contributed by atoms with Crippen LogP contribution in [0.5, 0.6) is 0 Å². The number of carbonyl (C=O) groups excluding carboxylic acids is 2. The summed E-state index contributed by atoms with van der Waals surface area (Å²) in [7, 11) is 0. The molecule has 5 rings (SSSR count). The van der Waals surface area contributed by atoms with E-state index in [4.69, 9.17) is 11.6 Å². The van der Waals surface area contributed by atoms with Gasteiger partial charge in [0.15, 0.2) is 0 Å². The fourth-order valence-electron chi connectivity index (χ4n) is 4.40. The first-order chi connectivity index (χ1) is 14.9. The van der Waals surface area contributed by atoms with E-state index in [1.54, 1.807) is 22.1 Å². The number of aromatic nitrogens is 2. The van der Waals surface area contributed by atoms with Gasteiger partial charge in [0.1, 0.15) is 5.82 Å². The normalized spacial score (nSPS) is 22.9. The number of fused-ring (bicyclic) bond motifs is 1. The van der Waals surface area contributed by atoms with Crippen molar-refractivity contribution in [3.8, 4) is 6.07 Å². The standard InChI is InChI=1S/C21H20ClFN6O2/c22-15-4-3-14(6-16(15)23)26-21(31)28-10-19-17(27-9-12(7-24)5-20(27)30)8-25-29(19)11-18(28)13-1-2-13/h3-4,6,8,12-13,18H,1-2,5,9-11H2,(H,26,31). The van der Waals surface area contributed by atoms with Gasteiger partial charge in [-0.05, 0) is 37.0 Å². The first kappa shape index (κ1) is 19.8. The SMILES string of the molecule is N#CC1CC(=O)N(c2cnn3c2CN(C(=O)Nc2ccc(Cl)c(F)c2)C(C2CC2)C3)C1. The van der Waals surface area contributed by atoms with Gasteiger partial charge in [-0.3, -0.25) is 9.48 Å². The van der Waals surface area contributed by atoms with Gasteiger partial charge in [0.05, 0.1) is 53.7 Å².